The van der Waals surface area contributed by atoms with Crippen molar-refractivity contribution in [3.8, 4) is 45.4 Å². The lowest BCUT2D eigenvalue weighted by molar-refractivity contribution is -0.119. The number of carbonyl (C=O) groups is 2. The lowest BCUT2D eigenvalue weighted by atomic mass is 9.98. The molecule has 1 N–H and O–H groups in total. The predicted octanol–water partition coefficient (Wildman–Crippen LogP) is 8.07. The molecule has 2 aromatic carbocycles. The van der Waals surface area contributed by atoms with Crippen LogP contribution in [0.5, 0.6) is 11.8 Å². The Balaban J connectivity index is 1.29. The molecule has 0 bridgehead atoms. The molecule has 0 unspecified atom stereocenters. The molecule has 4 heterocycles. The van der Waals surface area contributed by atoms with E-state index in [1.807, 2.05) is 36.4 Å². The number of hydrogen-bond acceptors (Lipinski definition) is 9. The van der Waals surface area contributed by atoms with Crippen LogP contribution in [0, 0.1) is 13.8 Å². The van der Waals surface area contributed by atoms with Gasteiger partial charge in [0.25, 0.3) is 0 Å². The lowest BCUT2D eigenvalue weighted by Gasteiger charge is -2.29. The van der Waals surface area contributed by atoms with Crippen molar-refractivity contribution in [1.82, 2.24) is 34.7 Å². The van der Waals surface area contributed by atoms with Crippen LogP contribution in [-0.4, -0.2) is 73.8 Å². The maximum absolute atomic E-state index is 13.3. The van der Waals surface area contributed by atoms with Crippen molar-refractivity contribution in [3.05, 3.63) is 93.7 Å². The van der Waals surface area contributed by atoms with Gasteiger partial charge in [0.2, 0.25) is 17.7 Å². The summed E-state index contributed by atoms with van der Waals surface area (Å²) in [4.78, 5) is 45.6. The number of halogens is 2. The first-order valence-corrected chi connectivity index (χ1v) is 18.3. The van der Waals surface area contributed by atoms with Crippen molar-refractivity contribution in [2.24, 2.45) is 0 Å². The van der Waals surface area contributed by atoms with E-state index in [9.17, 15) is 9.59 Å². The van der Waals surface area contributed by atoms with Gasteiger partial charge in [-0.1, -0.05) is 59.6 Å². The van der Waals surface area contributed by atoms with Gasteiger partial charge in [-0.3, -0.25) is 14.8 Å². The fourth-order valence-electron chi connectivity index (χ4n) is 6.36. The Hall–Kier alpha value is -5.20. The zero-order chi connectivity index (χ0) is 38.7. The average Bonchev–Trinajstić information content (AvgIpc) is 3.70. The van der Waals surface area contributed by atoms with Gasteiger partial charge in [0.1, 0.15) is 17.0 Å². The highest BCUT2D eigenvalue weighted by Crippen LogP contribution is 2.42. The molecule has 3 aromatic heterocycles. The first kappa shape index (κ1) is 38.5. The van der Waals surface area contributed by atoms with Gasteiger partial charge in [-0.05, 0) is 53.2 Å². The van der Waals surface area contributed by atoms with Crippen LogP contribution in [0.4, 0.5) is 4.79 Å². The number of nitrogens with zero attached hydrogens (tertiary/aromatic N) is 6. The number of hydrogen-bond donors (Lipinski definition) is 1. The molecule has 54 heavy (non-hydrogen) atoms. The number of ether oxygens (including phenoxy) is 3. The fourth-order valence-corrected chi connectivity index (χ4v) is 7.01. The molecule has 14 heteroatoms. The number of aryl methyl sites for hydroxylation is 2. The van der Waals surface area contributed by atoms with Crippen LogP contribution in [0.15, 0.2) is 60.9 Å². The monoisotopic (exact) mass is 771 g/mol. The van der Waals surface area contributed by atoms with E-state index in [0.717, 1.165) is 11.4 Å². The summed E-state index contributed by atoms with van der Waals surface area (Å²) in [6.07, 6.45) is 3.78. The van der Waals surface area contributed by atoms with E-state index in [1.54, 1.807) is 40.3 Å². The van der Waals surface area contributed by atoms with Crippen molar-refractivity contribution in [2.75, 3.05) is 20.8 Å². The number of rotatable bonds is 11. The summed E-state index contributed by atoms with van der Waals surface area (Å²) < 4.78 is 19.2. The Morgan fingerprint density at radius 2 is 1.37 bits per heavy atom. The SMILES string of the molecule is COc1nc(-c2cccc(-c3cccc(-c4cnc(Cn5c(C)ccc5C)c(OC)n4)c3Cl)c2Cl)cnc1CN(C[C@@H]1CCC(=O)N1)C(=O)OC(C)(C)C. The Kier molecular flexibility index (Phi) is 11.4. The number of amides is 2. The summed E-state index contributed by atoms with van der Waals surface area (Å²) in [6, 6.07) is 15.2. The number of carbonyl (C=O) groups excluding carboxylic acids is 2. The molecule has 1 atom stereocenters. The van der Waals surface area contributed by atoms with Gasteiger partial charge < -0.3 is 29.0 Å². The molecule has 6 rings (SSSR count). The smallest absolute Gasteiger partial charge is 0.410 e. The van der Waals surface area contributed by atoms with E-state index in [1.165, 1.54) is 12.0 Å². The number of methoxy groups -OCH3 is 2. The van der Waals surface area contributed by atoms with Gasteiger partial charge in [0.05, 0.1) is 61.1 Å². The molecule has 0 aliphatic carbocycles. The standard InChI is InChI=1S/C40H43Cl2N7O5/c1-23-14-15-24(2)49(23)22-33-38(53-7)47-31(19-44-33)29-13-9-11-27(36(29)42)26-10-8-12-28(35(26)41)30-18-43-32(37(46-30)52-6)21-48(39(51)54-40(3,4)5)20-25-16-17-34(50)45-25/h8-15,18-19,25H,16-17,20-22H2,1-7H3,(H,45,50)/t25-/m0/s1. The van der Waals surface area contributed by atoms with E-state index in [4.69, 9.17) is 52.4 Å². The van der Waals surface area contributed by atoms with Gasteiger partial charge in [0, 0.05) is 52.6 Å². The molecule has 1 fully saturated rings. The minimum absolute atomic E-state index is 0.0463. The van der Waals surface area contributed by atoms with Gasteiger partial charge in [0.15, 0.2) is 0 Å². The quantitative estimate of drug-likeness (QED) is 0.142. The summed E-state index contributed by atoms with van der Waals surface area (Å²) >= 11 is 14.2. The second-order valence-corrected chi connectivity index (χ2v) is 14.9. The third kappa shape index (κ3) is 8.45. The molecule has 1 aliphatic rings. The van der Waals surface area contributed by atoms with E-state index in [0.29, 0.717) is 80.3 Å². The van der Waals surface area contributed by atoms with Crippen molar-refractivity contribution >= 4 is 35.2 Å². The van der Waals surface area contributed by atoms with E-state index >= 15 is 0 Å². The highest BCUT2D eigenvalue weighted by molar-refractivity contribution is 6.39. The molecule has 0 saturated carbocycles. The number of nitrogens with one attached hydrogen (secondary N) is 1. The van der Waals surface area contributed by atoms with Crippen molar-refractivity contribution < 1.29 is 23.8 Å². The Morgan fingerprint density at radius 1 is 0.852 bits per heavy atom. The normalized spacial score (nSPS) is 14.2. The molecule has 1 saturated heterocycles. The fraction of sp³-hybridized carbons (Fsp3) is 0.350. The molecular formula is C40H43Cl2N7O5. The second kappa shape index (κ2) is 16.0. The van der Waals surface area contributed by atoms with E-state index < -0.39 is 11.7 Å². The Bertz CT molecular complexity index is 2180. The minimum Gasteiger partial charge on any atom is -0.480 e. The Morgan fingerprint density at radius 3 is 1.87 bits per heavy atom. The molecule has 5 aromatic rings. The van der Waals surface area contributed by atoms with Gasteiger partial charge in [-0.25, -0.2) is 14.8 Å². The van der Waals surface area contributed by atoms with Crippen LogP contribution in [0.1, 0.15) is 56.4 Å². The minimum atomic E-state index is -0.718. The lowest BCUT2D eigenvalue weighted by Crippen LogP contribution is -2.44. The van der Waals surface area contributed by atoms with E-state index in [2.05, 4.69) is 40.8 Å². The van der Waals surface area contributed by atoms with Crippen molar-refractivity contribution in [2.45, 2.75) is 72.2 Å². The highest BCUT2D eigenvalue weighted by Gasteiger charge is 2.30. The summed E-state index contributed by atoms with van der Waals surface area (Å²) in [5, 5.41) is 3.76. The van der Waals surface area contributed by atoms with Crippen LogP contribution in [0.3, 0.4) is 0 Å². The maximum atomic E-state index is 13.3. The zero-order valence-corrected chi connectivity index (χ0v) is 32.9. The maximum Gasteiger partial charge on any atom is 0.410 e. The van der Waals surface area contributed by atoms with Gasteiger partial charge in [-0.15, -0.1) is 0 Å². The average molecular weight is 773 g/mol. The summed E-state index contributed by atoms with van der Waals surface area (Å²) in [6.45, 7) is 10.3. The summed E-state index contributed by atoms with van der Waals surface area (Å²) in [5.41, 5.74) is 6.28. The summed E-state index contributed by atoms with van der Waals surface area (Å²) in [7, 11) is 3.07. The third-order valence-corrected chi connectivity index (χ3v) is 9.91. The van der Waals surface area contributed by atoms with Crippen LogP contribution in [-0.2, 0) is 22.6 Å². The van der Waals surface area contributed by atoms with Crippen molar-refractivity contribution in [1.29, 1.82) is 0 Å². The Labute approximate surface area is 324 Å². The van der Waals surface area contributed by atoms with Gasteiger partial charge >= 0.3 is 6.09 Å². The summed E-state index contributed by atoms with van der Waals surface area (Å²) in [5.74, 6) is 0.586. The van der Waals surface area contributed by atoms with Crippen LogP contribution in [0.25, 0.3) is 33.6 Å². The van der Waals surface area contributed by atoms with Crippen molar-refractivity contribution in [3.63, 3.8) is 0 Å². The first-order valence-electron chi connectivity index (χ1n) is 17.5. The molecule has 0 radical (unpaired) electrons. The third-order valence-electron chi connectivity index (χ3n) is 9.09. The molecule has 0 spiro atoms. The second-order valence-electron chi connectivity index (χ2n) is 14.1. The zero-order valence-electron chi connectivity index (χ0n) is 31.4. The number of benzene rings is 2. The highest BCUT2D eigenvalue weighted by atomic mass is 35.5. The van der Waals surface area contributed by atoms with Crippen LogP contribution >= 0.6 is 23.2 Å². The molecule has 2 amide bonds. The molecular weight excluding hydrogens is 729 g/mol. The predicted molar refractivity (Wildman–Crippen MR) is 208 cm³/mol. The molecule has 282 valence electrons. The van der Waals surface area contributed by atoms with Gasteiger partial charge in [-0.2, -0.15) is 0 Å². The van der Waals surface area contributed by atoms with Crippen LogP contribution < -0.4 is 14.8 Å². The molecule has 1 aliphatic heterocycles. The number of aromatic nitrogens is 5. The topological polar surface area (TPSA) is 134 Å². The van der Waals surface area contributed by atoms with Crippen LogP contribution in [0.2, 0.25) is 10.0 Å². The first-order chi connectivity index (χ1) is 25.8. The molecule has 12 nitrogen and oxygen atoms in total. The van der Waals surface area contributed by atoms with E-state index in [-0.39, 0.29) is 30.9 Å². The largest absolute Gasteiger partial charge is 0.480 e.